The first-order valence-corrected chi connectivity index (χ1v) is 6.80. The quantitative estimate of drug-likeness (QED) is 0.875. The average molecular weight is 263 g/mol. The lowest BCUT2D eigenvalue weighted by molar-refractivity contribution is 0.553. The van der Waals surface area contributed by atoms with Crippen molar-refractivity contribution in [2.45, 2.75) is 19.0 Å². The molecule has 1 N–H and O–H groups in total. The Bertz CT molecular complexity index is 422. The SMILES string of the molecule is Cl.O=S1(=O)CCC(NCc2cccnc2)C1. The highest BCUT2D eigenvalue weighted by atomic mass is 35.5. The van der Waals surface area contributed by atoms with Crippen molar-refractivity contribution in [3.8, 4) is 0 Å². The lowest BCUT2D eigenvalue weighted by atomic mass is 10.2. The molecule has 1 fully saturated rings. The van der Waals surface area contributed by atoms with Gasteiger partial charge in [0.1, 0.15) is 0 Å². The third kappa shape index (κ3) is 3.73. The van der Waals surface area contributed by atoms with Crippen LogP contribution in [0, 0.1) is 0 Å². The highest BCUT2D eigenvalue weighted by Crippen LogP contribution is 2.11. The first kappa shape index (κ1) is 13.4. The minimum Gasteiger partial charge on any atom is -0.309 e. The zero-order valence-corrected chi connectivity index (χ0v) is 10.4. The fourth-order valence-corrected chi connectivity index (χ4v) is 3.43. The summed E-state index contributed by atoms with van der Waals surface area (Å²) >= 11 is 0. The van der Waals surface area contributed by atoms with Gasteiger partial charge in [0, 0.05) is 25.0 Å². The average Bonchev–Trinajstić information content (AvgIpc) is 2.57. The van der Waals surface area contributed by atoms with Crippen LogP contribution in [0.15, 0.2) is 24.5 Å². The van der Waals surface area contributed by atoms with Crippen molar-refractivity contribution < 1.29 is 8.42 Å². The molecule has 1 saturated heterocycles. The molecule has 4 nitrogen and oxygen atoms in total. The summed E-state index contributed by atoms with van der Waals surface area (Å²) in [6.45, 7) is 0.689. The van der Waals surface area contributed by atoms with Gasteiger partial charge in [-0.3, -0.25) is 4.98 Å². The zero-order valence-electron chi connectivity index (χ0n) is 8.80. The van der Waals surface area contributed by atoms with Crippen LogP contribution in [0.5, 0.6) is 0 Å². The molecule has 1 aromatic rings. The van der Waals surface area contributed by atoms with E-state index >= 15 is 0 Å². The predicted molar refractivity (Wildman–Crippen MR) is 65.4 cm³/mol. The first-order chi connectivity index (χ1) is 7.16. The molecule has 0 aromatic carbocycles. The van der Waals surface area contributed by atoms with E-state index in [1.165, 1.54) is 0 Å². The molecule has 1 aliphatic heterocycles. The van der Waals surface area contributed by atoms with E-state index in [2.05, 4.69) is 10.3 Å². The Hall–Kier alpha value is -0.650. The van der Waals surface area contributed by atoms with E-state index in [4.69, 9.17) is 0 Å². The van der Waals surface area contributed by atoms with Crippen molar-refractivity contribution in [2.24, 2.45) is 0 Å². The molecule has 0 radical (unpaired) electrons. The molecule has 1 aromatic heterocycles. The molecule has 90 valence electrons. The van der Waals surface area contributed by atoms with Gasteiger partial charge in [0.2, 0.25) is 0 Å². The van der Waals surface area contributed by atoms with Crippen LogP contribution in [-0.4, -0.2) is 30.9 Å². The maximum atomic E-state index is 11.2. The van der Waals surface area contributed by atoms with Crippen LogP contribution in [0.25, 0.3) is 0 Å². The number of nitrogens with one attached hydrogen (secondary N) is 1. The summed E-state index contributed by atoms with van der Waals surface area (Å²) in [6, 6.07) is 3.96. The normalized spacial score (nSPS) is 22.6. The Kier molecular flexibility index (Phi) is 4.70. The Morgan fingerprint density at radius 3 is 2.88 bits per heavy atom. The summed E-state index contributed by atoms with van der Waals surface area (Å²) in [7, 11) is -2.78. The lowest BCUT2D eigenvalue weighted by Gasteiger charge is -2.09. The summed E-state index contributed by atoms with van der Waals surface area (Å²) in [5.74, 6) is 0.588. The van der Waals surface area contributed by atoms with E-state index in [1.54, 1.807) is 12.4 Å². The van der Waals surface area contributed by atoms with Crippen molar-refractivity contribution in [2.75, 3.05) is 11.5 Å². The molecule has 0 bridgehead atoms. The number of nitrogens with zero attached hydrogens (tertiary/aromatic N) is 1. The van der Waals surface area contributed by atoms with Crippen LogP contribution in [0.3, 0.4) is 0 Å². The van der Waals surface area contributed by atoms with Gasteiger partial charge >= 0.3 is 0 Å². The van der Waals surface area contributed by atoms with Gasteiger partial charge in [-0.2, -0.15) is 0 Å². The van der Waals surface area contributed by atoms with Crippen molar-refractivity contribution in [1.82, 2.24) is 10.3 Å². The second-order valence-corrected chi connectivity index (χ2v) is 6.07. The summed E-state index contributed by atoms with van der Waals surface area (Å²) in [5.41, 5.74) is 1.08. The Balaban J connectivity index is 0.00000128. The Morgan fingerprint density at radius 2 is 2.31 bits per heavy atom. The van der Waals surface area contributed by atoms with Crippen molar-refractivity contribution in [3.05, 3.63) is 30.1 Å². The zero-order chi connectivity index (χ0) is 10.7. The summed E-state index contributed by atoms with van der Waals surface area (Å²) in [4.78, 5) is 4.00. The standard InChI is InChI=1S/C10H14N2O2S.ClH/c13-15(14)5-3-10(8-15)12-7-9-2-1-4-11-6-9;/h1-2,4,6,10,12H,3,5,7-8H2;1H. The Morgan fingerprint density at radius 1 is 1.50 bits per heavy atom. The van der Waals surface area contributed by atoms with Gasteiger partial charge in [0.15, 0.2) is 9.84 Å². The molecule has 6 heteroatoms. The van der Waals surface area contributed by atoms with Crippen molar-refractivity contribution in [3.63, 3.8) is 0 Å². The van der Waals surface area contributed by atoms with Crippen LogP contribution in [0.1, 0.15) is 12.0 Å². The van der Waals surface area contributed by atoms with E-state index in [-0.39, 0.29) is 24.2 Å². The molecule has 2 heterocycles. The van der Waals surface area contributed by atoms with Gasteiger partial charge in [-0.25, -0.2) is 8.42 Å². The van der Waals surface area contributed by atoms with Crippen molar-refractivity contribution in [1.29, 1.82) is 0 Å². The highest BCUT2D eigenvalue weighted by molar-refractivity contribution is 7.91. The van der Waals surface area contributed by atoms with E-state index in [0.29, 0.717) is 12.3 Å². The van der Waals surface area contributed by atoms with E-state index in [9.17, 15) is 8.42 Å². The number of hydrogen-bond donors (Lipinski definition) is 1. The maximum absolute atomic E-state index is 11.2. The van der Waals surface area contributed by atoms with Gasteiger partial charge in [0.05, 0.1) is 11.5 Å². The van der Waals surface area contributed by atoms with Gasteiger partial charge in [-0.15, -0.1) is 12.4 Å². The van der Waals surface area contributed by atoms with Crippen LogP contribution in [0.2, 0.25) is 0 Å². The van der Waals surface area contributed by atoms with E-state index in [1.807, 2.05) is 12.1 Å². The van der Waals surface area contributed by atoms with E-state index < -0.39 is 9.84 Å². The number of rotatable bonds is 3. The van der Waals surface area contributed by atoms with Gasteiger partial charge in [0.25, 0.3) is 0 Å². The topological polar surface area (TPSA) is 59.1 Å². The molecule has 1 aliphatic rings. The molecule has 0 amide bonds. The van der Waals surface area contributed by atoms with Gasteiger partial charge in [-0.1, -0.05) is 6.07 Å². The van der Waals surface area contributed by atoms with E-state index in [0.717, 1.165) is 12.0 Å². The second-order valence-electron chi connectivity index (χ2n) is 3.84. The molecule has 2 rings (SSSR count). The predicted octanol–water partition coefficient (Wildman–Crippen LogP) is 0.780. The molecule has 0 spiro atoms. The molecular formula is C10H15ClN2O2S. The van der Waals surface area contributed by atoms with Crippen molar-refractivity contribution >= 4 is 22.2 Å². The van der Waals surface area contributed by atoms with Crippen LogP contribution in [0.4, 0.5) is 0 Å². The minimum atomic E-state index is -2.78. The molecule has 0 saturated carbocycles. The maximum Gasteiger partial charge on any atom is 0.151 e. The second kappa shape index (κ2) is 5.61. The summed E-state index contributed by atoms with van der Waals surface area (Å²) in [5, 5.41) is 3.23. The third-order valence-electron chi connectivity index (χ3n) is 2.55. The first-order valence-electron chi connectivity index (χ1n) is 4.98. The number of pyridine rings is 1. The van der Waals surface area contributed by atoms with Gasteiger partial charge in [-0.05, 0) is 18.1 Å². The molecule has 0 aliphatic carbocycles. The van der Waals surface area contributed by atoms with Gasteiger partial charge < -0.3 is 5.32 Å². The highest BCUT2D eigenvalue weighted by Gasteiger charge is 2.27. The molecule has 16 heavy (non-hydrogen) atoms. The molecule has 1 unspecified atom stereocenters. The smallest absolute Gasteiger partial charge is 0.151 e. The minimum absolute atomic E-state index is 0. The summed E-state index contributed by atoms with van der Waals surface area (Å²) < 4.78 is 22.4. The summed E-state index contributed by atoms with van der Waals surface area (Å²) in [6.07, 6.45) is 4.24. The number of sulfone groups is 1. The number of aromatic nitrogens is 1. The fourth-order valence-electron chi connectivity index (χ4n) is 1.72. The fraction of sp³-hybridized carbons (Fsp3) is 0.500. The largest absolute Gasteiger partial charge is 0.309 e. The molecule has 1 atom stereocenters. The third-order valence-corrected chi connectivity index (χ3v) is 4.32. The lowest BCUT2D eigenvalue weighted by Crippen LogP contribution is -2.29. The monoisotopic (exact) mass is 262 g/mol. The van der Waals surface area contributed by atoms with Crippen LogP contribution < -0.4 is 5.32 Å². The molecular weight excluding hydrogens is 248 g/mol. The van der Waals surface area contributed by atoms with Crippen LogP contribution in [-0.2, 0) is 16.4 Å². The van der Waals surface area contributed by atoms with Crippen LogP contribution >= 0.6 is 12.4 Å². The number of halogens is 1. The Labute approximate surface area is 102 Å². The number of hydrogen-bond acceptors (Lipinski definition) is 4.